The summed E-state index contributed by atoms with van der Waals surface area (Å²) >= 11 is 6.68. The van der Waals surface area contributed by atoms with Crippen LogP contribution in [0.15, 0.2) is 5.57 Å². The lowest BCUT2D eigenvalue weighted by Gasteiger charge is -2.09. The number of thiocarbonyl (C=S) groups is 1. The van der Waals surface area contributed by atoms with Gasteiger partial charge in [-0.2, -0.15) is 11.8 Å². The third-order valence-electron chi connectivity index (χ3n) is 1.24. The average Bonchev–Trinajstić information content (AvgIpc) is 1.90. The molecule has 0 atom stereocenters. The van der Waals surface area contributed by atoms with Crippen molar-refractivity contribution in [3.8, 4) is 0 Å². The van der Waals surface area contributed by atoms with Crippen molar-refractivity contribution in [2.75, 3.05) is 11.5 Å². The van der Waals surface area contributed by atoms with Gasteiger partial charge in [-0.25, -0.2) is 0 Å². The van der Waals surface area contributed by atoms with Crippen LogP contribution < -0.4 is 0 Å². The number of rotatable bonds is 0. The molecule has 0 saturated carbocycles. The van der Waals surface area contributed by atoms with E-state index in [-0.39, 0.29) is 0 Å². The Balaban J connectivity index is 2.45. The molecule has 0 unspecified atom stereocenters. The maximum Gasteiger partial charge on any atom is -0.00237 e. The predicted octanol–water partition coefficient (Wildman–Crippen LogP) is 2.04. The molecule has 0 N–H and O–H groups in total. The summed E-state index contributed by atoms with van der Waals surface area (Å²) in [6, 6.07) is 0. The second-order valence-corrected chi connectivity index (χ2v) is 3.25. The van der Waals surface area contributed by atoms with Crippen LogP contribution in [-0.2, 0) is 0 Å². The van der Waals surface area contributed by atoms with Crippen molar-refractivity contribution >= 4 is 29.0 Å². The molecule has 1 saturated heterocycles. The summed E-state index contributed by atoms with van der Waals surface area (Å²) in [6.45, 7) is 0. The molecule has 0 aromatic heterocycles. The fourth-order valence-corrected chi connectivity index (χ4v) is 1.91. The molecule has 0 aromatic rings. The van der Waals surface area contributed by atoms with Crippen molar-refractivity contribution in [2.45, 2.75) is 12.8 Å². The second-order valence-electron chi connectivity index (χ2n) is 1.82. The molecule has 2 heteroatoms. The topological polar surface area (TPSA) is 0 Å². The first kappa shape index (κ1) is 6.34. The molecule has 0 nitrogen and oxygen atoms in total. The largest absolute Gasteiger partial charge is 0.161 e. The molecule has 0 aliphatic carbocycles. The summed E-state index contributed by atoms with van der Waals surface area (Å²) in [5.41, 5.74) is 1.35. The van der Waals surface area contributed by atoms with Crippen LogP contribution in [0.2, 0.25) is 0 Å². The van der Waals surface area contributed by atoms with Gasteiger partial charge in [0.15, 0.2) is 0 Å². The standard InChI is InChI=1S/C6H8S2/c7-5-6-1-3-8-4-2-6/h1-4H2. The minimum absolute atomic E-state index is 1.17. The zero-order valence-corrected chi connectivity index (χ0v) is 6.28. The van der Waals surface area contributed by atoms with Gasteiger partial charge in [-0.1, -0.05) is 0 Å². The highest BCUT2D eigenvalue weighted by atomic mass is 32.2. The molecule has 0 amide bonds. The van der Waals surface area contributed by atoms with Gasteiger partial charge in [-0.05, 0) is 47.2 Å². The Morgan fingerprint density at radius 1 is 1.38 bits per heavy atom. The van der Waals surface area contributed by atoms with Crippen molar-refractivity contribution in [1.82, 2.24) is 0 Å². The molecule has 1 aliphatic rings. The molecule has 1 fully saturated rings. The zero-order valence-electron chi connectivity index (χ0n) is 4.64. The number of thioether (sulfide) groups is 1. The van der Waals surface area contributed by atoms with Gasteiger partial charge >= 0.3 is 0 Å². The smallest absolute Gasteiger partial charge is 0.00237 e. The van der Waals surface area contributed by atoms with Crippen LogP contribution >= 0.6 is 24.0 Å². The molecule has 0 aromatic carbocycles. The van der Waals surface area contributed by atoms with Gasteiger partial charge in [0.2, 0.25) is 0 Å². The summed E-state index contributed by atoms with van der Waals surface area (Å²) in [5, 5.41) is 2.79. The van der Waals surface area contributed by atoms with Crippen LogP contribution in [0.3, 0.4) is 0 Å². The highest BCUT2D eigenvalue weighted by molar-refractivity contribution is 7.99. The van der Waals surface area contributed by atoms with Gasteiger partial charge in [0.25, 0.3) is 0 Å². The average molecular weight is 144 g/mol. The van der Waals surface area contributed by atoms with Crippen molar-refractivity contribution in [3.63, 3.8) is 0 Å². The summed E-state index contributed by atoms with van der Waals surface area (Å²) in [6.07, 6.45) is 2.35. The number of hydrogen-bond donors (Lipinski definition) is 0. The minimum Gasteiger partial charge on any atom is -0.161 e. The van der Waals surface area contributed by atoms with Gasteiger partial charge in [0.05, 0.1) is 0 Å². The van der Waals surface area contributed by atoms with E-state index in [0.717, 1.165) is 0 Å². The van der Waals surface area contributed by atoms with Crippen LogP contribution in [0, 0.1) is 0 Å². The van der Waals surface area contributed by atoms with Gasteiger partial charge < -0.3 is 0 Å². The first-order valence-electron chi connectivity index (χ1n) is 2.74. The van der Waals surface area contributed by atoms with E-state index < -0.39 is 0 Å². The molecule has 8 heavy (non-hydrogen) atoms. The van der Waals surface area contributed by atoms with Gasteiger partial charge in [-0.3, -0.25) is 0 Å². The number of hydrogen-bond acceptors (Lipinski definition) is 2. The molecular formula is C6H8S2. The van der Waals surface area contributed by atoms with Gasteiger partial charge in [0.1, 0.15) is 0 Å². The van der Waals surface area contributed by atoms with Gasteiger partial charge in [0, 0.05) is 0 Å². The van der Waals surface area contributed by atoms with E-state index in [4.69, 9.17) is 0 Å². The van der Waals surface area contributed by atoms with Crippen molar-refractivity contribution in [2.24, 2.45) is 0 Å². The lowest BCUT2D eigenvalue weighted by atomic mass is 10.2. The van der Waals surface area contributed by atoms with E-state index in [9.17, 15) is 0 Å². The lowest BCUT2D eigenvalue weighted by Crippen LogP contribution is -1.97. The van der Waals surface area contributed by atoms with E-state index >= 15 is 0 Å². The molecule has 1 rings (SSSR count). The normalized spacial score (nSPS) is 20.2. The molecular weight excluding hydrogens is 136 g/mol. The number of allylic oxidation sites excluding steroid dienone is 1. The van der Waals surface area contributed by atoms with Crippen LogP contribution in [-0.4, -0.2) is 16.5 Å². The van der Waals surface area contributed by atoms with Crippen molar-refractivity contribution in [1.29, 1.82) is 0 Å². The highest BCUT2D eigenvalue weighted by Crippen LogP contribution is 2.19. The molecule has 1 aliphatic heterocycles. The zero-order chi connectivity index (χ0) is 5.82. The van der Waals surface area contributed by atoms with Crippen LogP contribution in [0.5, 0.6) is 0 Å². The van der Waals surface area contributed by atoms with Crippen molar-refractivity contribution < 1.29 is 0 Å². The lowest BCUT2D eigenvalue weighted by molar-refractivity contribution is 0.987. The summed E-state index contributed by atoms with van der Waals surface area (Å²) in [5.74, 6) is 2.50. The Kier molecular flexibility index (Phi) is 2.60. The third kappa shape index (κ3) is 1.62. The monoisotopic (exact) mass is 144 g/mol. The van der Waals surface area contributed by atoms with E-state index in [2.05, 4.69) is 17.2 Å². The molecule has 0 bridgehead atoms. The molecule has 44 valence electrons. The molecule has 0 spiro atoms. The van der Waals surface area contributed by atoms with Crippen LogP contribution in [0.25, 0.3) is 0 Å². The molecule has 0 radical (unpaired) electrons. The van der Waals surface area contributed by atoms with Crippen molar-refractivity contribution in [3.05, 3.63) is 5.57 Å². The van der Waals surface area contributed by atoms with Gasteiger partial charge in [-0.15, -0.1) is 0 Å². The maximum atomic E-state index is 4.68. The van der Waals surface area contributed by atoms with E-state index in [1.54, 1.807) is 0 Å². The Labute approximate surface area is 59.4 Å². The fourth-order valence-electron chi connectivity index (χ4n) is 0.720. The first-order valence-corrected chi connectivity index (χ1v) is 4.30. The van der Waals surface area contributed by atoms with E-state index in [1.165, 1.54) is 29.9 Å². The quantitative estimate of drug-likeness (QED) is 0.477. The summed E-state index contributed by atoms with van der Waals surface area (Å²) in [4.78, 5) is 0. The Hall–Kier alpha value is 0.220. The summed E-state index contributed by atoms with van der Waals surface area (Å²) in [7, 11) is 0. The van der Waals surface area contributed by atoms with E-state index in [0.29, 0.717) is 0 Å². The van der Waals surface area contributed by atoms with Crippen LogP contribution in [0.1, 0.15) is 12.8 Å². The maximum absolute atomic E-state index is 4.68. The summed E-state index contributed by atoms with van der Waals surface area (Å²) < 4.78 is 0. The van der Waals surface area contributed by atoms with E-state index in [1.807, 2.05) is 11.8 Å². The Bertz CT molecular complexity index is 114. The Morgan fingerprint density at radius 3 is 2.38 bits per heavy atom. The minimum atomic E-state index is 1.17. The fraction of sp³-hybridized carbons (Fsp3) is 0.667. The first-order chi connectivity index (χ1) is 3.93. The van der Waals surface area contributed by atoms with Crippen LogP contribution in [0.4, 0.5) is 0 Å². The Morgan fingerprint density at radius 2 is 2.00 bits per heavy atom. The third-order valence-corrected chi connectivity index (χ3v) is 2.51. The molecule has 1 heterocycles. The SMILES string of the molecule is S=C=C1CCSCC1. The predicted molar refractivity (Wildman–Crippen MR) is 42.7 cm³/mol. The second kappa shape index (κ2) is 3.29. The highest BCUT2D eigenvalue weighted by Gasteiger charge is 2.03.